The minimum absolute atomic E-state index is 0.00914. The Morgan fingerprint density at radius 3 is 2.69 bits per heavy atom. The zero-order valence-corrected chi connectivity index (χ0v) is 22.0. The van der Waals surface area contributed by atoms with Gasteiger partial charge in [0.05, 0.1) is 17.3 Å². The first-order chi connectivity index (χ1) is 14.9. The standard InChI is InChI=1S/C29H50O3/c1-21(11-8-17-28(6,31)18-10-13-23(3)25(5)30)12-9-19-29(7)20-16-26-15-14-22(2)24(4)27(26)32-29/h12,15,22-24,27,31H,8-11,13-14,16-20H2,1-7H3/b21-12+. The van der Waals surface area contributed by atoms with Crippen LogP contribution in [-0.2, 0) is 9.53 Å². The second-order valence-electron chi connectivity index (χ2n) is 11.7. The summed E-state index contributed by atoms with van der Waals surface area (Å²) in [5.41, 5.74) is 2.33. The van der Waals surface area contributed by atoms with Crippen LogP contribution in [0, 0.1) is 17.8 Å². The van der Waals surface area contributed by atoms with Gasteiger partial charge in [0.2, 0.25) is 0 Å². The van der Waals surface area contributed by atoms with Crippen molar-refractivity contribution in [1.29, 1.82) is 0 Å². The number of aliphatic hydroxyl groups is 1. The molecule has 0 aromatic carbocycles. The zero-order valence-electron chi connectivity index (χ0n) is 22.0. The third-order valence-corrected chi connectivity index (χ3v) is 8.35. The number of carbonyl (C=O) groups excluding carboxylic acids is 1. The van der Waals surface area contributed by atoms with E-state index in [1.165, 1.54) is 18.4 Å². The highest BCUT2D eigenvalue weighted by Gasteiger charge is 2.40. The minimum Gasteiger partial charge on any atom is -0.390 e. The number of ketones is 1. The first kappa shape index (κ1) is 27.3. The zero-order chi connectivity index (χ0) is 23.9. The Labute approximate surface area is 198 Å². The van der Waals surface area contributed by atoms with Gasteiger partial charge in [-0.1, -0.05) is 38.5 Å². The van der Waals surface area contributed by atoms with Crippen molar-refractivity contribution in [2.24, 2.45) is 17.8 Å². The molecule has 1 N–H and O–H groups in total. The van der Waals surface area contributed by atoms with Gasteiger partial charge in [-0.05, 0) is 116 Å². The van der Waals surface area contributed by atoms with Crippen LogP contribution in [0.25, 0.3) is 0 Å². The molecule has 0 spiro atoms. The molecule has 6 unspecified atom stereocenters. The molecule has 0 radical (unpaired) electrons. The molecule has 0 aromatic heterocycles. The molecule has 1 aliphatic carbocycles. The van der Waals surface area contributed by atoms with Gasteiger partial charge in [0.1, 0.15) is 5.78 Å². The van der Waals surface area contributed by atoms with Crippen molar-refractivity contribution >= 4 is 5.78 Å². The fourth-order valence-electron chi connectivity index (χ4n) is 5.28. The highest BCUT2D eigenvalue weighted by molar-refractivity contribution is 5.77. The van der Waals surface area contributed by atoms with Gasteiger partial charge in [-0.25, -0.2) is 0 Å². The summed E-state index contributed by atoms with van der Waals surface area (Å²) in [6, 6.07) is 0. The summed E-state index contributed by atoms with van der Waals surface area (Å²) >= 11 is 0. The summed E-state index contributed by atoms with van der Waals surface area (Å²) < 4.78 is 6.69. The smallest absolute Gasteiger partial charge is 0.132 e. The van der Waals surface area contributed by atoms with E-state index in [0.29, 0.717) is 17.9 Å². The summed E-state index contributed by atoms with van der Waals surface area (Å²) in [7, 11) is 0. The maximum atomic E-state index is 11.4. The molecule has 0 bridgehead atoms. The van der Waals surface area contributed by atoms with E-state index in [4.69, 9.17) is 4.74 Å². The molecule has 32 heavy (non-hydrogen) atoms. The summed E-state index contributed by atoms with van der Waals surface area (Å²) in [6.07, 6.45) is 16.3. The molecular weight excluding hydrogens is 396 g/mol. The van der Waals surface area contributed by atoms with E-state index < -0.39 is 5.60 Å². The topological polar surface area (TPSA) is 46.5 Å². The van der Waals surface area contributed by atoms with E-state index in [0.717, 1.165) is 57.8 Å². The van der Waals surface area contributed by atoms with Crippen molar-refractivity contribution in [3.63, 3.8) is 0 Å². The molecule has 3 nitrogen and oxygen atoms in total. The maximum Gasteiger partial charge on any atom is 0.132 e. The molecule has 1 heterocycles. The van der Waals surface area contributed by atoms with Crippen LogP contribution in [0.5, 0.6) is 0 Å². The molecule has 2 aliphatic rings. The van der Waals surface area contributed by atoms with Crippen LogP contribution in [0.2, 0.25) is 0 Å². The quantitative estimate of drug-likeness (QED) is 0.314. The molecule has 3 heteroatoms. The molecule has 1 aliphatic heterocycles. The summed E-state index contributed by atoms with van der Waals surface area (Å²) in [6.45, 7) is 14.8. The van der Waals surface area contributed by atoms with Crippen LogP contribution in [0.3, 0.4) is 0 Å². The molecule has 1 fully saturated rings. The number of rotatable bonds is 12. The van der Waals surface area contributed by atoms with E-state index in [2.05, 4.69) is 39.8 Å². The van der Waals surface area contributed by atoms with E-state index >= 15 is 0 Å². The van der Waals surface area contributed by atoms with E-state index in [1.807, 2.05) is 13.8 Å². The lowest BCUT2D eigenvalue weighted by atomic mass is 9.74. The van der Waals surface area contributed by atoms with Gasteiger partial charge in [0.25, 0.3) is 0 Å². The van der Waals surface area contributed by atoms with Gasteiger partial charge in [0.15, 0.2) is 0 Å². The van der Waals surface area contributed by atoms with Gasteiger partial charge in [-0.3, -0.25) is 4.79 Å². The summed E-state index contributed by atoms with van der Waals surface area (Å²) in [5.74, 6) is 1.68. The van der Waals surface area contributed by atoms with Crippen molar-refractivity contribution in [2.45, 2.75) is 136 Å². The van der Waals surface area contributed by atoms with Crippen molar-refractivity contribution in [3.05, 3.63) is 23.3 Å². The van der Waals surface area contributed by atoms with Gasteiger partial charge in [0, 0.05) is 5.92 Å². The maximum absolute atomic E-state index is 11.4. The number of Topliss-reactive ketones (excluding diaryl/α,β-unsaturated/α-hetero) is 1. The van der Waals surface area contributed by atoms with Crippen molar-refractivity contribution in [3.8, 4) is 0 Å². The lowest BCUT2D eigenvalue weighted by Crippen LogP contribution is -2.44. The van der Waals surface area contributed by atoms with Crippen molar-refractivity contribution in [2.75, 3.05) is 0 Å². The molecule has 184 valence electrons. The number of allylic oxidation sites excluding steroid dienone is 3. The van der Waals surface area contributed by atoms with Crippen LogP contribution in [0.15, 0.2) is 23.3 Å². The van der Waals surface area contributed by atoms with Crippen LogP contribution in [-0.4, -0.2) is 28.2 Å². The van der Waals surface area contributed by atoms with E-state index in [-0.39, 0.29) is 17.3 Å². The molecule has 2 rings (SSSR count). The van der Waals surface area contributed by atoms with E-state index in [9.17, 15) is 9.90 Å². The third kappa shape index (κ3) is 8.45. The Morgan fingerprint density at radius 1 is 1.31 bits per heavy atom. The largest absolute Gasteiger partial charge is 0.390 e. The van der Waals surface area contributed by atoms with Crippen LogP contribution in [0.1, 0.15) is 119 Å². The fraction of sp³-hybridized carbons (Fsp3) is 0.828. The van der Waals surface area contributed by atoms with Crippen LogP contribution in [0.4, 0.5) is 0 Å². The molecule has 1 saturated heterocycles. The average molecular weight is 447 g/mol. The van der Waals surface area contributed by atoms with Crippen LogP contribution >= 0.6 is 0 Å². The monoisotopic (exact) mass is 446 g/mol. The lowest BCUT2D eigenvalue weighted by Gasteiger charge is -2.46. The second-order valence-corrected chi connectivity index (χ2v) is 11.7. The normalized spacial score (nSPS) is 31.4. The Bertz CT molecular complexity index is 674. The first-order valence-electron chi connectivity index (χ1n) is 13.2. The predicted molar refractivity (Wildman–Crippen MR) is 135 cm³/mol. The molecule has 6 atom stereocenters. The van der Waals surface area contributed by atoms with Gasteiger partial charge >= 0.3 is 0 Å². The number of carbonyl (C=O) groups is 1. The molecule has 0 amide bonds. The molecule has 0 aromatic rings. The van der Waals surface area contributed by atoms with Crippen molar-refractivity contribution in [1.82, 2.24) is 0 Å². The predicted octanol–water partition coefficient (Wildman–Crippen LogP) is 7.57. The van der Waals surface area contributed by atoms with Crippen molar-refractivity contribution < 1.29 is 14.6 Å². The summed E-state index contributed by atoms with van der Waals surface area (Å²) in [5, 5.41) is 10.7. The number of hydrogen-bond donors (Lipinski definition) is 1. The molecular formula is C29H50O3. The summed E-state index contributed by atoms with van der Waals surface area (Å²) in [4.78, 5) is 11.4. The average Bonchev–Trinajstić information content (AvgIpc) is 2.70. The minimum atomic E-state index is -0.626. The fourth-order valence-corrected chi connectivity index (χ4v) is 5.28. The Balaban J connectivity index is 1.70. The third-order valence-electron chi connectivity index (χ3n) is 8.35. The van der Waals surface area contributed by atoms with E-state index in [1.54, 1.807) is 12.5 Å². The number of ether oxygens (including phenoxy) is 1. The van der Waals surface area contributed by atoms with Crippen LogP contribution < -0.4 is 0 Å². The highest BCUT2D eigenvalue weighted by Crippen LogP contribution is 2.43. The van der Waals surface area contributed by atoms with Gasteiger partial charge in [-0.2, -0.15) is 0 Å². The Morgan fingerprint density at radius 2 is 2.00 bits per heavy atom. The SMILES string of the molecule is CC(=O)C(C)CCCC(C)(O)CCC/C(C)=C/CCC1(C)CCC2=CCC(C)C(C)C2O1. The Hall–Kier alpha value is -0.930. The highest BCUT2D eigenvalue weighted by atomic mass is 16.5. The van der Waals surface area contributed by atoms with Gasteiger partial charge < -0.3 is 9.84 Å². The Kier molecular flexibility index (Phi) is 10.2. The van der Waals surface area contributed by atoms with Gasteiger partial charge in [-0.15, -0.1) is 0 Å². The lowest BCUT2D eigenvalue weighted by molar-refractivity contribution is -0.123. The molecule has 0 saturated carbocycles. The number of fused-ring (bicyclic) bond motifs is 1. The second kappa shape index (κ2) is 12.0. The first-order valence-corrected chi connectivity index (χ1v) is 13.2. The number of hydrogen-bond acceptors (Lipinski definition) is 3.